The standard InChI is InChI=1S/C16H12BBrO3/c18-14-9-4-6-11-5-3-8-13(16(11)14)12-7-1-2-10-15(12)21-17(19)20/h1-10,19-20H. The number of hydrogen-bond acceptors (Lipinski definition) is 3. The molecule has 0 amide bonds. The van der Waals surface area contributed by atoms with Gasteiger partial charge >= 0.3 is 7.32 Å². The summed E-state index contributed by atoms with van der Waals surface area (Å²) in [5, 5.41) is 20.3. The number of fused-ring (bicyclic) bond motifs is 1. The zero-order valence-corrected chi connectivity index (χ0v) is 12.6. The summed E-state index contributed by atoms with van der Waals surface area (Å²) in [6, 6.07) is 19.3. The fourth-order valence-electron chi connectivity index (χ4n) is 2.43. The van der Waals surface area contributed by atoms with Gasteiger partial charge in [-0.2, -0.15) is 0 Å². The van der Waals surface area contributed by atoms with Crippen molar-refractivity contribution in [3.05, 3.63) is 65.1 Å². The first-order valence-electron chi connectivity index (χ1n) is 6.46. The minimum Gasteiger partial charge on any atom is -0.512 e. The van der Waals surface area contributed by atoms with E-state index >= 15 is 0 Å². The number of halogens is 1. The van der Waals surface area contributed by atoms with Crippen LogP contribution in [0.2, 0.25) is 0 Å². The third kappa shape index (κ3) is 2.81. The van der Waals surface area contributed by atoms with Crippen LogP contribution < -0.4 is 4.65 Å². The molecule has 0 bridgehead atoms. The van der Waals surface area contributed by atoms with E-state index in [2.05, 4.69) is 15.9 Å². The molecule has 0 saturated heterocycles. The van der Waals surface area contributed by atoms with Crippen LogP contribution >= 0.6 is 15.9 Å². The first kappa shape index (κ1) is 14.1. The van der Waals surface area contributed by atoms with Crippen LogP contribution in [0.4, 0.5) is 0 Å². The van der Waals surface area contributed by atoms with Crippen LogP contribution in [0, 0.1) is 0 Å². The fraction of sp³-hybridized carbons (Fsp3) is 0. The van der Waals surface area contributed by atoms with E-state index in [1.807, 2.05) is 48.5 Å². The topological polar surface area (TPSA) is 49.7 Å². The normalized spacial score (nSPS) is 10.6. The second-order valence-corrected chi connectivity index (χ2v) is 5.44. The lowest BCUT2D eigenvalue weighted by Crippen LogP contribution is -2.20. The third-order valence-corrected chi connectivity index (χ3v) is 3.92. The Labute approximate surface area is 131 Å². The zero-order valence-electron chi connectivity index (χ0n) is 11.0. The van der Waals surface area contributed by atoms with Gasteiger partial charge in [-0.25, -0.2) is 0 Å². The molecule has 0 aromatic heterocycles. The van der Waals surface area contributed by atoms with Crippen LogP contribution in [0.15, 0.2) is 65.1 Å². The lowest BCUT2D eigenvalue weighted by atomic mass is 9.97. The Morgan fingerprint density at radius 3 is 2.24 bits per heavy atom. The van der Waals surface area contributed by atoms with Crippen LogP contribution in [0.3, 0.4) is 0 Å². The van der Waals surface area contributed by atoms with Crippen molar-refractivity contribution in [3.63, 3.8) is 0 Å². The van der Waals surface area contributed by atoms with Gasteiger partial charge in [0.25, 0.3) is 0 Å². The Hall–Kier alpha value is -1.82. The van der Waals surface area contributed by atoms with Gasteiger partial charge < -0.3 is 14.7 Å². The molecule has 0 heterocycles. The molecule has 0 spiro atoms. The van der Waals surface area contributed by atoms with Gasteiger partial charge in [-0.3, -0.25) is 0 Å². The van der Waals surface area contributed by atoms with Crippen molar-refractivity contribution < 1.29 is 14.7 Å². The van der Waals surface area contributed by atoms with Crippen molar-refractivity contribution in [2.24, 2.45) is 0 Å². The predicted octanol–water partition coefficient (Wildman–Crippen LogP) is 3.62. The van der Waals surface area contributed by atoms with Crippen LogP contribution in [0.25, 0.3) is 21.9 Å². The molecule has 0 aliphatic carbocycles. The minimum absolute atomic E-state index is 0.427. The second kappa shape index (κ2) is 5.89. The first-order chi connectivity index (χ1) is 10.2. The molecular formula is C16H12BBrO3. The second-order valence-electron chi connectivity index (χ2n) is 4.58. The van der Waals surface area contributed by atoms with Gasteiger partial charge in [-0.15, -0.1) is 0 Å². The summed E-state index contributed by atoms with van der Waals surface area (Å²) in [6.45, 7) is 0. The third-order valence-electron chi connectivity index (χ3n) is 3.26. The zero-order chi connectivity index (χ0) is 14.8. The van der Waals surface area contributed by atoms with Gasteiger partial charge in [0.05, 0.1) is 0 Å². The van der Waals surface area contributed by atoms with E-state index in [1.165, 1.54) is 0 Å². The van der Waals surface area contributed by atoms with Crippen LogP contribution in [-0.2, 0) is 0 Å². The molecule has 0 fully saturated rings. The molecule has 3 rings (SSSR count). The van der Waals surface area contributed by atoms with Crippen molar-refractivity contribution in [3.8, 4) is 16.9 Å². The highest BCUT2D eigenvalue weighted by atomic mass is 79.9. The molecule has 2 N–H and O–H groups in total. The molecule has 104 valence electrons. The number of hydrogen-bond donors (Lipinski definition) is 2. The smallest absolute Gasteiger partial charge is 0.512 e. The molecule has 3 aromatic carbocycles. The summed E-state index contributed by atoms with van der Waals surface area (Å²) >= 11 is 3.58. The molecular weight excluding hydrogens is 331 g/mol. The Morgan fingerprint density at radius 1 is 0.810 bits per heavy atom. The maximum absolute atomic E-state index is 9.07. The van der Waals surface area contributed by atoms with Crippen molar-refractivity contribution >= 4 is 34.0 Å². The molecule has 0 unspecified atom stereocenters. The molecule has 3 aromatic rings. The van der Waals surface area contributed by atoms with E-state index in [0.717, 1.165) is 26.4 Å². The summed E-state index contributed by atoms with van der Waals surface area (Å²) in [5.41, 5.74) is 1.78. The van der Waals surface area contributed by atoms with Gasteiger partial charge in [-0.1, -0.05) is 64.5 Å². The van der Waals surface area contributed by atoms with E-state index in [9.17, 15) is 0 Å². The van der Waals surface area contributed by atoms with Crippen LogP contribution in [0.5, 0.6) is 5.75 Å². The van der Waals surface area contributed by atoms with E-state index in [4.69, 9.17) is 14.7 Å². The van der Waals surface area contributed by atoms with Crippen molar-refractivity contribution in [2.75, 3.05) is 0 Å². The fourth-order valence-corrected chi connectivity index (χ4v) is 3.02. The summed E-state index contributed by atoms with van der Waals surface area (Å²) in [5.74, 6) is 0.427. The number of rotatable bonds is 3. The lowest BCUT2D eigenvalue weighted by Gasteiger charge is -2.14. The largest absolute Gasteiger partial charge is 0.707 e. The van der Waals surface area contributed by atoms with Crippen molar-refractivity contribution in [1.82, 2.24) is 0 Å². The average molecular weight is 343 g/mol. The van der Waals surface area contributed by atoms with E-state index in [0.29, 0.717) is 5.75 Å². The molecule has 0 atom stereocenters. The van der Waals surface area contributed by atoms with Gasteiger partial charge in [-0.05, 0) is 23.1 Å². The molecule has 5 heteroatoms. The maximum Gasteiger partial charge on any atom is 0.707 e. The van der Waals surface area contributed by atoms with Gasteiger partial charge in [0.15, 0.2) is 0 Å². The summed E-state index contributed by atoms with van der Waals surface area (Å²) in [7, 11) is -1.84. The highest BCUT2D eigenvalue weighted by Crippen LogP contribution is 2.38. The predicted molar refractivity (Wildman–Crippen MR) is 87.9 cm³/mol. The summed E-state index contributed by atoms with van der Waals surface area (Å²) in [6.07, 6.45) is 0. The maximum atomic E-state index is 9.07. The monoisotopic (exact) mass is 342 g/mol. The van der Waals surface area contributed by atoms with E-state index < -0.39 is 7.32 Å². The number of benzene rings is 3. The summed E-state index contributed by atoms with van der Waals surface area (Å²) < 4.78 is 6.07. The Bertz CT molecular complexity index is 784. The first-order valence-corrected chi connectivity index (χ1v) is 7.25. The number of para-hydroxylation sites is 1. The summed E-state index contributed by atoms with van der Waals surface area (Å²) in [4.78, 5) is 0. The molecule has 0 saturated carbocycles. The lowest BCUT2D eigenvalue weighted by molar-refractivity contribution is 0.288. The Morgan fingerprint density at radius 2 is 1.48 bits per heavy atom. The highest BCUT2D eigenvalue weighted by molar-refractivity contribution is 9.10. The molecule has 3 nitrogen and oxygen atoms in total. The van der Waals surface area contributed by atoms with Gasteiger partial charge in [0.2, 0.25) is 0 Å². The quantitative estimate of drug-likeness (QED) is 0.715. The SMILES string of the molecule is OB(O)Oc1ccccc1-c1cccc2cccc(Br)c12. The minimum atomic E-state index is -1.84. The van der Waals surface area contributed by atoms with Gasteiger partial charge in [0, 0.05) is 15.4 Å². The molecule has 21 heavy (non-hydrogen) atoms. The average Bonchev–Trinajstić information content (AvgIpc) is 2.47. The van der Waals surface area contributed by atoms with Crippen LogP contribution in [-0.4, -0.2) is 17.4 Å². The molecule has 0 radical (unpaired) electrons. The highest BCUT2D eigenvalue weighted by Gasteiger charge is 2.16. The van der Waals surface area contributed by atoms with Crippen LogP contribution in [0.1, 0.15) is 0 Å². The Kier molecular flexibility index (Phi) is 3.97. The van der Waals surface area contributed by atoms with E-state index in [-0.39, 0.29) is 0 Å². The molecule has 0 aliphatic rings. The van der Waals surface area contributed by atoms with Gasteiger partial charge in [0.1, 0.15) is 5.75 Å². The molecule has 0 aliphatic heterocycles. The van der Waals surface area contributed by atoms with E-state index in [1.54, 1.807) is 12.1 Å². The Balaban J connectivity index is 2.26. The van der Waals surface area contributed by atoms with Crippen molar-refractivity contribution in [1.29, 1.82) is 0 Å². The van der Waals surface area contributed by atoms with Crippen molar-refractivity contribution in [2.45, 2.75) is 0 Å².